The van der Waals surface area contributed by atoms with Crippen molar-refractivity contribution in [3.63, 3.8) is 0 Å². The summed E-state index contributed by atoms with van der Waals surface area (Å²) in [6, 6.07) is 1.95. The van der Waals surface area contributed by atoms with Crippen molar-refractivity contribution in [2.75, 3.05) is 19.0 Å². The van der Waals surface area contributed by atoms with Crippen LogP contribution in [0.15, 0.2) is 6.07 Å². The van der Waals surface area contributed by atoms with Crippen molar-refractivity contribution >= 4 is 11.6 Å². The Morgan fingerprint density at radius 3 is 2.53 bits per heavy atom. The lowest BCUT2D eigenvalue weighted by Gasteiger charge is -2.18. The number of hydrogen-bond donors (Lipinski definition) is 2. The van der Waals surface area contributed by atoms with Crippen molar-refractivity contribution in [3.8, 4) is 5.75 Å². The summed E-state index contributed by atoms with van der Waals surface area (Å²) in [7, 11) is 1.66. The van der Waals surface area contributed by atoms with Gasteiger partial charge in [0, 0.05) is 11.6 Å². The van der Waals surface area contributed by atoms with Gasteiger partial charge in [-0.15, -0.1) is 0 Å². The Hall–Kier alpha value is -1.55. The highest BCUT2D eigenvalue weighted by molar-refractivity contribution is 5.94. The lowest BCUT2D eigenvalue weighted by molar-refractivity contribution is -0.119. The molecule has 0 aliphatic carbocycles. The van der Waals surface area contributed by atoms with Crippen LogP contribution in [0.2, 0.25) is 0 Å². The van der Waals surface area contributed by atoms with E-state index in [2.05, 4.69) is 5.32 Å². The maximum Gasteiger partial charge on any atom is 0.227 e. The van der Waals surface area contributed by atoms with Crippen LogP contribution in [0.5, 0.6) is 5.75 Å². The molecule has 0 aliphatic rings. The average molecular weight is 264 g/mol. The topological polar surface area (TPSA) is 64.3 Å². The van der Waals surface area contributed by atoms with Gasteiger partial charge in [0.1, 0.15) is 5.75 Å². The Morgan fingerprint density at radius 1 is 1.37 bits per heavy atom. The fourth-order valence-corrected chi connectivity index (χ4v) is 2.08. The van der Waals surface area contributed by atoms with Gasteiger partial charge in [0.15, 0.2) is 0 Å². The monoisotopic (exact) mass is 264 g/mol. The highest BCUT2D eigenvalue weighted by Crippen LogP contribution is 2.31. The highest BCUT2D eigenvalue weighted by atomic mass is 16.5. The minimum Gasteiger partial charge on any atom is -0.496 e. The summed E-state index contributed by atoms with van der Waals surface area (Å²) in [4.78, 5) is 12.1. The first-order valence-corrected chi connectivity index (χ1v) is 6.58. The second-order valence-corrected chi connectivity index (χ2v) is 4.99. The van der Waals surface area contributed by atoms with E-state index in [4.69, 9.17) is 10.5 Å². The third-order valence-electron chi connectivity index (χ3n) is 3.56. The van der Waals surface area contributed by atoms with Gasteiger partial charge in [0.25, 0.3) is 0 Å². The van der Waals surface area contributed by atoms with Crippen molar-refractivity contribution < 1.29 is 9.53 Å². The van der Waals surface area contributed by atoms with E-state index in [1.807, 2.05) is 33.8 Å². The summed E-state index contributed by atoms with van der Waals surface area (Å²) < 4.78 is 5.32. The van der Waals surface area contributed by atoms with Gasteiger partial charge < -0.3 is 15.8 Å². The zero-order valence-electron chi connectivity index (χ0n) is 12.5. The van der Waals surface area contributed by atoms with Crippen LogP contribution in [0.3, 0.4) is 0 Å². The molecule has 1 atom stereocenters. The predicted molar refractivity (Wildman–Crippen MR) is 78.7 cm³/mol. The molecule has 0 aliphatic heterocycles. The maximum atomic E-state index is 12.1. The minimum atomic E-state index is -0.0776. The first kappa shape index (κ1) is 15.5. The van der Waals surface area contributed by atoms with Gasteiger partial charge in [0.2, 0.25) is 5.91 Å². The Kier molecular flexibility index (Phi) is 5.36. The lowest BCUT2D eigenvalue weighted by Crippen LogP contribution is -2.23. The first-order chi connectivity index (χ1) is 8.92. The largest absolute Gasteiger partial charge is 0.496 e. The molecule has 1 aromatic rings. The number of nitrogens with two attached hydrogens (primary N) is 1. The summed E-state index contributed by atoms with van der Waals surface area (Å²) in [6.07, 6.45) is 0.694. The second-order valence-electron chi connectivity index (χ2n) is 4.99. The number of ether oxygens (including phenoxy) is 1. The van der Waals surface area contributed by atoms with Gasteiger partial charge >= 0.3 is 0 Å². The Bertz CT molecular complexity index is 470. The maximum absolute atomic E-state index is 12.1. The van der Waals surface area contributed by atoms with Crippen molar-refractivity contribution in [1.82, 2.24) is 0 Å². The van der Waals surface area contributed by atoms with E-state index in [1.165, 1.54) is 0 Å². The van der Waals surface area contributed by atoms with E-state index in [0.717, 1.165) is 28.1 Å². The molecule has 0 saturated carbocycles. The molecule has 0 saturated heterocycles. The molecule has 0 bridgehead atoms. The predicted octanol–water partition coefficient (Wildman–Crippen LogP) is 2.54. The molecule has 0 heterocycles. The standard InChI is InChI=1S/C15H24N2O2/c1-9(6-7-16)15(18)17-14-10(2)8-13(19-5)11(3)12(14)4/h8-9H,6-7,16H2,1-5H3,(H,17,18). The van der Waals surface area contributed by atoms with Crippen LogP contribution in [-0.2, 0) is 4.79 Å². The summed E-state index contributed by atoms with van der Waals surface area (Å²) in [5, 5.41) is 3.01. The van der Waals surface area contributed by atoms with Crippen LogP contribution in [0.25, 0.3) is 0 Å². The molecule has 0 aromatic heterocycles. The third kappa shape index (κ3) is 3.47. The van der Waals surface area contributed by atoms with E-state index in [-0.39, 0.29) is 11.8 Å². The van der Waals surface area contributed by atoms with Gasteiger partial charge in [-0.2, -0.15) is 0 Å². The Morgan fingerprint density at radius 2 is 2.00 bits per heavy atom. The third-order valence-corrected chi connectivity index (χ3v) is 3.56. The zero-order valence-corrected chi connectivity index (χ0v) is 12.5. The molecule has 1 amide bonds. The van der Waals surface area contributed by atoms with E-state index < -0.39 is 0 Å². The van der Waals surface area contributed by atoms with Crippen molar-refractivity contribution in [3.05, 3.63) is 22.8 Å². The number of aryl methyl sites for hydroxylation is 1. The van der Waals surface area contributed by atoms with E-state index in [1.54, 1.807) is 7.11 Å². The lowest BCUT2D eigenvalue weighted by atomic mass is 10.0. The number of benzene rings is 1. The molecule has 19 heavy (non-hydrogen) atoms. The summed E-state index contributed by atoms with van der Waals surface area (Å²) in [6.45, 7) is 8.37. The van der Waals surface area contributed by atoms with Crippen molar-refractivity contribution in [2.45, 2.75) is 34.1 Å². The highest BCUT2D eigenvalue weighted by Gasteiger charge is 2.16. The summed E-state index contributed by atoms with van der Waals surface area (Å²) in [5.74, 6) is 0.787. The van der Waals surface area contributed by atoms with Crippen LogP contribution in [0.4, 0.5) is 5.69 Å². The molecule has 4 nitrogen and oxygen atoms in total. The number of carbonyl (C=O) groups is 1. The van der Waals surface area contributed by atoms with Crippen molar-refractivity contribution in [2.24, 2.45) is 11.7 Å². The normalized spacial score (nSPS) is 12.1. The summed E-state index contributed by atoms with van der Waals surface area (Å²) >= 11 is 0. The molecule has 1 aromatic carbocycles. The van der Waals surface area contributed by atoms with Crippen LogP contribution < -0.4 is 15.8 Å². The van der Waals surface area contributed by atoms with Gasteiger partial charge in [-0.05, 0) is 56.5 Å². The molecule has 0 fully saturated rings. The van der Waals surface area contributed by atoms with Gasteiger partial charge in [-0.1, -0.05) is 6.92 Å². The number of methoxy groups -OCH3 is 1. The van der Waals surface area contributed by atoms with E-state index >= 15 is 0 Å². The van der Waals surface area contributed by atoms with Crippen LogP contribution in [-0.4, -0.2) is 19.6 Å². The molecule has 0 radical (unpaired) electrons. The molecule has 1 rings (SSSR count). The quantitative estimate of drug-likeness (QED) is 0.859. The SMILES string of the molecule is COc1cc(C)c(NC(=O)C(C)CCN)c(C)c1C. The fraction of sp³-hybridized carbons (Fsp3) is 0.533. The molecular formula is C15H24N2O2. The van der Waals surface area contributed by atoms with E-state index in [9.17, 15) is 4.79 Å². The average Bonchev–Trinajstić information content (AvgIpc) is 2.38. The molecular weight excluding hydrogens is 240 g/mol. The van der Waals surface area contributed by atoms with Crippen LogP contribution in [0.1, 0.15) is 30.0 Å². The first-order valence-electron chi connectivity index (χ1n) is 6.58. The van der Waals surface area contributed by atoms with Gasteiger partial charge in [-0.3, -0.25) is 4.79 Å². The number of amides is 1. The van der Waals surface area contributed by atoms with Crippen LogP contribution >= 0.6 is 0 Å². The van der Waals surface area contributed by atoms with Crippen LogP contribution in [0, 0.1) is 26.7 Å². The number of anilines is 1. The molecule has 106 valence electrons. The zero-order chi connectivity index (χ0) is 14.6. The Balaban J connectivity index is 3.02. The Labute approximate surface area is 115 Å². The molecule has 3 N–H and O–H groups in total. The smallest absolute Gasteiger partial charge is 0.227 e. The van der Waals surface area contributed by atoms with Crippen molar-refractivity contribution in [1.29, 1.82) is 0 Å². The van der Waals surface area contributed by atoms with Gasteiger partial charge in [0.05, 0.1) is 7.11 Å². The number of rotatable bonds is 5. The number of nitrogens with one attached hydrogen (secondary N) is 1. The van der Waals surface area contributed by atoms with E-state index in [0.29, 0.717) is 13.0 Å². The number of hydrogen-bond acceptors (Lipinski definition) is 3. The molecule has 0 spiro atoms. The second kappa shape index (κ2) is 6.57. The van der Waals surface area contributed by atoms with Gasteiger partial charge in [-0.25, -0.2) is 0 Å². The minimum absolute atomic E-state index is 0.0150. The molecule has 1 unspecified atom stereocenters. The summed E-state index contributed by atoms with van der Waals surface area (Å²) in [5.41, 5.74) is 9.47. The number of carbonyl (C=O) groups excluding carboxylic acids is 1. The molecule has 4 heteroatoms. The fourth-order valence-electron chi connectivity index (χ4n) is 2.08.